The van der Waals surface area contributed by atoms with Crippen LogP contribution in [0.4, 0.5) is 14.5 Å². The summed E-state index contributed by atoms with van der Waals surface area (Å²) in [6, 6.07) is 18.8. The van der Waals surface area contributed by atoms with E-state index in [1.54, 1.807) is 12.1 Å². The van der Waals surface area contributed by atoms with E-state index in [1.807, 2.05) is 42.5 Å². The maximum absolute atomic E-state index is 16.4. The molecule has 3 heterocycles. The SMILES string of the molecule is CC(=O)N1CC[C@H]2CC[C@@H](C(=O)Nc3ccc(-c4ccccc4)cc3)N2C(=O)[C@@H](NC(=O)c2cc3cc(C(F)(F)P(=O)(OCOC(=O)C(C)(C)C)OCOC(=O)C(C)(C)C)ccc3[nH]2)C1. The molecule has 0 spiro atoms. The maximum atomic E-state index is 16.4. The van der Waals surface area contributed by atoms with E-state index < -0.39 is 91.0 Å². The van der Waals surface area contributed by atoms with Gasteiger partial charge in [-0.2, -0.15) is 8.78 Å². The zero-order valence-corrected chi connectivity index (χ0v) is 38.2. The van der Waals surface area contributed by atoms with Crippen LogP contribution in [0.1, 0.15) is 83.8 Å². The molecule has 0 unspecified atom stereocenters. The predicted octanol–water partition coefficient (Wildman–Crippen LogP) is 7.55. The number of esters is 2. The van der Waals surface area contributed by atoms with Gasteiger partial charge in [-0.3, -0.25) is 42.4 Å². The third-order valence-corrected chi connectivity index (χ3v) is 12.9. The number of benzene rings is 3. The Bertz CT molecular complexity index is 2450. The molecule has 2 aliphatic heterocycles. The molecule has 2 fully saturated rings. The number of nitrogens with zero attached hydrogens (tertiary/aromatic N) is 2. The first kappa shape index (κ1) is 48.5. The highest BCUT2D eigenvalue weighted by Crippen LogP contribution is 2.67. The van der Waals surface area contributed by atoms with E-state index in [0.29, 0.717) is 24.9 Å². The molecule has 348 valence electrons. The second-order valence-corrected chi connectivity index (χ2v) is 20.2. The van der Waals surface area contributed by atoms with Gasteiger partial charge in [0.25, 0.3) is 5.91 Å². The number of carbonyl (C=O) groups excluding carboxylic acids is 6. The van der Waals surface area contributed by atoms with Crippen LogP contribution in [0, 0.1) is 10.8 Å². The highest BCUT2D eigenvalue weighted by atomic mass is 31.2. The Morgan fingerprint density at radius 3 is 1.98 bits per heavy atom. The summed E-state index contributed by atoms with van der Waals surface area (Å²) < 4.78 is 66.4. The number of alkyl halides is 2. The van der Waals surface area contributed by atoms with Crippen molar-refractivity contribution in [2.45, 2.75) is 91.5 Å². The molecule has 3 atom stereocenters. The zero-order valence-electron chi connectivity index (χ0n) is 37.3. The molecular formula is C46H54F2N5O11P. The van der Waals surface area contributed by atoms with E-state index in [0.717, 1.165) is 23.3 Å². The summed E-state index contributed by atoms with van der Waals surface area (Å²) in [7, 11) is -5.64. The Kier molecular flexibility index (Phi) is 14.4. The van der Waals surface area contributed by atoms with E-state index >= 15 is 8.78 Å². The molecule has 19 heteroatoms. The van der Waals surface area contributed by atoms with Crippen LogP contribution in [-0.2, 0) is 52.7 Å². The zero-order chi connectivity index (χ0) is 47.5. The van der Waals surface area contributed by atoms with Gasteiger partial charge in [0.05, 0.1) is 10.8 Å². The fraction of sp³-hybridized carbons (Fsp3) is 0.435. The molecule has 2 aliphatic rings. The van der Waals surface area contributed by atoms with Crippen LogP contribution in [0.5, 0.6) is 0 Å². The lowest BCUT2D eigenvalue weighted by atomic mass is 9.98. The third kappa shape index (κ3) is 11.1. The van der Waals surface area contributed by atoms with Crippen molar-refractivity contribution >= 4 is 59.8 Å². The number of aromatic amines is 1. The van der Waals surface area contributed by atoms with Gasteiger partial charge < -0.3 is 34.9 Å². The van der Waals surface area contributed by atoms with Gasteiger partial charge >= 0.3 is 25.2 Å². The second-order valence-electron chi connectivity index (χ2n) is 18.1. The molecule has 3 aromatic carbocycles. The van der Waals surface area contributed by atoms with E-state index in [1.165, 1.54) is 70.4 Å². The molecule has 3 N–H and O–H groups in total. The van der Waals surface area contributed by atoms with Gasteiger partial charge in [0, 0.05) is 48.2 Å². The summed E-state index contributed by atoms with van der Waals surface area (Å²) in [4.78, 5) is 85.2. The fourth-order valence-electron chi connectivity index (χ4n) is 7.39. The summed E-state index contributed by atoms with van der Waals surface area (Å²) in [5.41, 5.74) is -4.84. The average Bonchev–Trinajstić information content (AvgIpc) is 3.88. The Hall–Kier alpha value is -5.97. The van der Waals surface area contributed by atoms with Gasteiger partial charge in [-0.25, -0.2) is 0 Å². The molecule has 2 saturated heterocycles. The van der Waals surface area contributed by atoms with Crippen molar-refractivity contribution in [1.82, 2.24) is 20.1 Å². The first-order valence-electron chi connectivity index (χ1n) is 21.1. The molecule has 16 nitrogen and oxygen atoms in total. The molecule has 1 aromatic heterocycles. The molecule has 6 rings (SSSR count). The van der Waals surface area contributed by atoms with Crippen LogP contribution in [0.15, 0.2) is 78.9 Å². The second kappa shape index (κ2) is 19.2. The minimum atomic E-state index is -5.64. The van der Waals surface area contributed by atoms with Crippen LogP contribution < -0.4 is 10.6 Å². The van der Waals surface area contributed by atoms with Gasteiger partial charge in [0.15, 0.2) is 0 Å². The van der Waals surface area contributed by atoms with Crippen molar-refractivity contribution < 1.29 is 60.6 Å². The normalized spacial score (nSPS) is 18.4. The standard InChI is InChI=1S/C46H54F2N5O11P/c1-28(54)52-22-21-34-18-20-38(40(56)49-33-16-13-30(14-17-33)29-11-9-8-10-12-29)53(34)41(57)37(25-52)51-39(55)36-24-31-23-32(15-19-35(31)50-36)46(47,48)65(60,63-26-61-42(58)44(2,3)4)64-27-62-43(59)45(5,6)7/h8-17,19,23-24,34,37-38,50H,18,20-22,25-27H2,1-7H3,(H,49,56)(H,51,55)/t34-,37+,38+/m1/s1. The predicted molar refractivity (Wildman–Crippen MR) is 235 cm³/mol. The number of H-pyrrole nitrogens is 1. The van der Waals surface area contributed by atoms with Crippen LogP contribution in [-0.4, -0.2) is 95.2 Å². The molecule has 0 aliphatic carbocycles. The monoisotopic (exact) mass is 921 g/mol. The number of halogens is 2. The number of anilines is 1. The molecule has 0 bridgehead atoms. The number of fused-ring (bicyclic) bond motifs is 2. The lowest BCUT2D eigenvalue weighted by Gasteiger charge is -2.38. The quantitative estimate of drug-likeness (QED) is 0.0679. The Morgan fingerprint density at radius 1 is 0.800 bits per heavy atom. The fourth-order valence-corrected chi connectivity index (χ4v) is 8.63. The molecule has 0 saturated carbocycles. The minimum absolute atomic E-state index is 0.0553. The number of hydrogen-bond donors (Lipinski definition) is 3. The van der Waals surface area contributed by atoms with Crippen LogP contribution in [0.3, 0.4) is 0 Å². The van der Waals surface area contributed by atoms with E-state index in [-0.39, 0.29) is 35.6 Å². The van der Waals surface area contributed by atoms with Gasteiger partial charge in [0.1, 0.15) is 17.8 Å². The lowest BCUT2D eigenvalue weighted by molar-refractivity contribution is -0.163. The third-order valence-electron chi connectivity index (χ3n) is 11.1. The van der Waals surface area contributed by atoms with E-state index in [2.05, 4.69) is 15.6 Å². The Labute approximate surface area is 375 Å². The summed E-state index contributed by atoms with van der Waals surface area (Å²) >= 11 is 0. The number of nitrogens with one attached hydrogen (secondary N) is 3. The molecule has 65 heavy (non-hydrogen) atoms. The molecule has 4 aromatic rings. The number of rotatable bonds is 13. The lowest BCUT2D eigenvalue weighted by Crippen LogP contribution is -2.60. The number of hydrogen-bond acceptors (Lipinski definition) is 11. The Balaban J connectivity index is 1.20. The van der Waals surface area contributed by atoms with Crippen LogP contribution in [0.2, 0.25) is 0 Å². The maximum Gasteiger partial charge on any atom is 0.410 e. The van der Waals surface area contributed by atoms with Gasteiger partial charge in [-0.05, 0) is 102 Å². The topological polar surface area (TPSA) is 203 Å². The number of carbonyl (C=O) groups is 6. The summed E-state index contributed by atoms with van der Waals surface area (Å²) in [6.07, 6.45) is 1.27. The summed E-state index contributed by atoms with van der Waals surface area (Å²) in [5, 5.41) is 5.67. The van der Waals surface area contributed by atoms with Crippen molar-refractivity contribution in [3.63, 3.8) is 0 Å². The average molecular weight is 922 g/mol. The van der Waals surface area contributed by atoms with Gasteiger partial charge in [0.2, 0.25) is 31.3 Å². The van der Waals surface area contributed by atoms with Crippen LogP contribution in [0.25, 0.3) is 22.0 Å². The molecular weight excluding hydrogens is 868 g/mol. The minimum Gasteiger partial charge on any atom is -0.438 e. The molecule has 0 radical (unpaired) electrons. The number of amides is 4. The van der Waals surface area contributed by atoms with Gasteiger partial charge in [-0.1, -0.05) is 48.5 Å². The Morgan fingerprint density at radius 2 is 1.40 bits per heavy atom. The van der Waals surface area contributed by atoms with Crippen molar-refractivity contribution in [3.8, 4) is 11.1 Å². The first-order chi connectivity index (χ1) is 30.5. The van der Waals surface area contributed by atoms with E-state index in [9.17, 15) is 33.3 Å². The number of aromatic nitrogens is 1. The van der Waals surface area contributed by atoms with Crippen molar-refractivity contribution in [2.24, 2.45) is 10.8 Å². The first-order valence-corrected chi connectivity index (χ1v) is 22.6. The van der Waals surface area contributed by atoms with Crippen molar-refractivity contribution in [2.75, 3.05) is 32.0 Å². The number of ether oxygens (including phenoxy) is 2. The van der Waals surface area contributed by atoms with Gasteiger partial charge in [-0.15, -0.1) is 0 Å². The largest absolute Gasteiger partial charge is 0.438 e. The molecule has 4 amide bonds. The highest BCUT2D eigenvalue weighted by Gasteiger charge is 2.56. The smallest absolute Gasteiger partial charge is 0.410 e. The summed E-state index contributed by atoms with van der Waals surface area (Å²) in [5.74, 6) is -3.78. The van der Waals surface area contributed by atoms with Crippen molar-refractivity contribution in [1.29, 1.82) is 0 Å². The highest BCUT2D eigenvalue weighted by molar-refractivity contribution is 7.54. The summed E-state index contributed by atoms with van der Waals surface area (Å²) in [6.45, 7) is 8.13. The van der Waals surface area contributed by atoms with Crippen LogP contribution >= 0.6 is 7.60 Å². The van der Waals surface area contributed by atoms with Crippen molar-refractivity contribution in [3.05, 3.63) is 90.1 Å². The van der Waals surface area contributed by atoms with E-state index in [4.69, 9.17) is 18.5 Å².